The Balaban J connectivity index is 1.46. The van der Waals surface area contributed by atoms with Crippen molar-refractivity contribution in [3.8, 4) is 0 Å². The molecule has 0 atom stereocenters. The van der Waals surface area contributed by atoms with Gasteiger partial charge in [-0.15, -0.1) is 0 Å². The minimum absolute atomic E-state index is 0.215. The third-order valence-electron chi connectivity index (χ3n) is 4.52. The van der Waals surface area contributed by atoms with Gasteiger partial charge in [-0.05, 0) is 36.9 Å². The number of benzene rings is 2. The summed E-state index contributed by atoms with van der Waals surface area (Å²) in [6, 6.07) is 18.7. The van der Waals surface area contributed by atoms with Gasteiger partial charge < -0.3 is 9.80 Å². The fraction of sp³-hybridized carbons (Fsp3) is 0.350. The SMILES string of the molecule is CN(CC(=O)N1CCN(c2ccccc2)CC1)Cc1ccc(Br)cc1. The van der Waals surface area contributed by atoms with Crippen molar-refractivity contribution >= 4 is 27.5 Å². The standard InChI is InChI=1S/C20H24BrN3O/c1-22(15-17-7-9-18(21)10-8-17)16-20(25)24-13-11-23(12-14-24)19-5-3-2-4-6-19/h2-10H,11-16H2,1H3. The molecule has 5 heteroatoms. The highest BCUT2D eigenvalue weighted by Gasteiger charge is 2.21. The van der Waals surface area contributed by atoms with Crippen LogP contribution >= 0.6 is 15.9 Å². The number of likely N-dealkylation sites (N-methyl/N-ethyl adjacent to an activating group) is 1. The molecular weight excluding hydrogens is 378 g/mol. The first kappa shape index (κ1) is 18.0. The third-order valence-corrected chi connectivity index (χ3v) is 5.05. The number of hydrogen-bond donors (Lipinski definition) is 0. The summed E-state index contributed by atoms with van der Waals surface area (Å²) in [5.74, 6) is 0.215. The molecule has 0 bridgehead atoms. The van der Waals surface area contributed by atoms with E-state index in [4.69, 9.17) is 0 Å². The number of rotatable bonds is 5. The summed E-state index contributed by atoms with van der Waals surface area (Å²) in [6.07, 6.45) is 0. The third kappa shape index (κ3) is 5.06. The maximum Gasteiger partial charge on any atom is 0.236 e. The smallest absolute Gasteiger partial charge is 0.236 e. The van der Waals surface area contributed by atoms with Gasteiger partial charge in [0.25, 0.3) is 0 Å². The van der Waals surface area contributed by atoms with Crippen LogP contribution in [0.5, 0.6) is 0 Å². The molecule has 1 aliphatic heterocycles. The summed E-state index contributed by atoms with van der Waals surface area (Å²) < 4.78 is 1.08. The van der Waals surface area contributed by atoms with Crippen LogP contribution in [0.1, 0.15) is 5.56 Å². The van der Waals surface area contributed by atoms with Gasteiger partial charge in [0.05, 0.1) is 6.54 Å². The van der Waals surface area contributed by atoms with E-state index in [0.717, 1.165) is 37.2 Å². The Morgan fingerprint density at radius 3 is 2.28 bits per heavy atom. The maximum atomic E-state index is 12.6. The van der Waals surface area contributed by atoms with Crippen molar-refractivity contribution in [1.29, 1.82) is 0 Å². The van der Waals surface area contributed by atoms with E-state index in [1.54, 1.807) is 0 Å². The number of carbonyl (C=O) groups is 1. The van der Waals surface area contributed by atoms with Crippen molar-refractivity contribution in [2.24, 2.45) is 0 Å². The van der Waals surface area contributed by atoms with Crippen molar-refractivity contribution in [3.63, 3.8) is 0 Å². The lowest BCUT2D eigenvalue weighted by molar-refractivity contribution is -0.132. The first-order chi connectivity index (χ1) is 12.1. The van der Waals surface area contributed by atoms with Crippen LogP contribution in [-0.4, -0.2) is 55.5 Å². The van der Waals surface area contributed by atoms with Gasteiger partial charge in [0.15, 0.2) is 0 Å². The van der Waals surface area contributed by atoms with Crippen LogP contribution in [0, 0.1) is 0 Å². The van der Waals surface area contributed by atoms with E-state index >= 15 is 0 Å². The molecule has 0 N–H and O–H groups in total. The van der Waals surface area contributed by atoms with Gasteiger partial charge >= 0.3 is 0 Å². The van der Waals surface area contributed by atoms with Crippen molar-refractivity contribution in [3.05, 3.63) is 64.6 Å². The minimum Gasteiger partial charge on any atom is -0.368 e. The van der Waals surface area contributed by atoms with Crippen molar-refractivity contribution in [2.75, 3.05) is 44.7 Å². The van der Waals surface area contributed by atoms with E-state index in [9.17, 15) is 4.79 Å². The summed E-state index contributed by atoms with van der Waals surface area (Å²) in [4.78, 5) is 19.0. The Hall–Kier alpha value is -1.85. The Kier molecular flexibility index (Phi) is 6.10. The minimum atomic E-state index is 0.215. The van der Waals surface area contributed by atoms with Gasteiger partial charge in [0, 0.05) is 42.9 Å². The lowest BCUT2D eigenvalue weighted by Gasteiger charge is -2.36. The lowest BCUT2D eigenvalue weighted by atomic mass is 10.2. The highest BCUT2D eigenvalue weighted by Crippen LogP contribution is 2.16. The van der Waals surface area contributed by atoms with E-state index in [0.29, 0.717) is 6.54 Å². The molecule has 3 rings (SSSR count). The van der Waals surface area contributed by atoms with Gasteiger partial charge in [-0.2, -0.15) is 0 Å². The molecule has 0 aromatic heterocycles. The molecule has 0 saturated carbocycles. The second-order valence-corrected chi connectivity index (χ2v) is 7.42. The number of para-hydroxylation sites is 1. The van der Waals surface area contributed by atoms with E-state index in [-0.39, 0.29) is 5.91 Å². The summed E-state index contributed by atoms with van der Waals surface area (Å²) >= 11 is 3.45. The zero-order chi connectivity index (χ0) is 17.6. The van der Waals surface area contributed by atoms with Crippen molar-refractivity contribution < 1.29 is 4.79 Å². The normalized spacial score (nSPS) is 14.8. The molecule has 0 spiro atoms. The van der Waals surface area contributed by atoms with Crippen LogP contribution in [0.15, 0.2) is 59.1 Å². The van der Waals surface area contributed by atoms with Crippen molar-refractivity contribution in [2.45, 2.75) is 6.54 Å². The molecule has 132 valence electrons. The second-order valence-electron chi connectivity index (χ2n) is 6.50. The van der Waals surface area contributed by atoms with Gasteiger partial charge in [-0.25, -0.2) is 0 Å². The number of piperazine rings is 1. The van der Waals surface area contributed by atoms with Crippen LogP contribution in [0.3, 0.4) is 0 Å². The van der Waals surface area contributed by atoms with E-state index < -0.39 is 0 Å². The van der Waals surface area contributed by atoms with Crippen LogP contribution in [0.4, 0.5) is 5.69 Å². The average molecular weight is 402 g/mol. The molecule has 1 heterocycles. The van der Waals surface area contributed by atoms with Crippen LogP contribution in [-0.2, 0) is 11.3 Å². The van der Waals surface area contributed by atoms with Gasteiger partial charge in [-0.1, -0.05) is 46.3 Å². The molecule has 1 aliphatic rings. The predicted molar refractivity (Wildman–Crippen MR) is 106 cm³/mol. The highest BCUT2D eigenvalue weighted by molar-refractivity contribution is 9.10. The van der Waals surface area contributed by atoms with Gasteiger partial charge in [-0.3, -0.25) is 9.69 Å². The predicted octanol–water partition coefficient (Wildman–Crippen LogP) is 3.23. The van der Waals surface area contributed by atoms with Gasteiger partial charge in [0.2, 0.25) is 5.91 Å². The molecule has 0 radical (unpaired) electrons. The number of halogens is 1. The number of carbonyl (C=O) groups excluding carboxylic acids is 1. The topological polar surface area (TPSA) is 26.8 Å². The molecule has 0 aliphatic carbocycles. The van der Waals surface area contributed by atoms with Crippen molar-refractivity contribution in [1.82, 2.24) is 9.80 Å². The maximum absolute atomic E-state index is 12.6. The van der Waals surface area contributed by atoms with Crippen LogP contribution in [0.25, 0.3) is 0 Å². The second kappa shape index (κ2) is 8.50. The number of anilines is 1. The Labute approximate surface area is 158 Å². The fourth-order valence-electron chi connectivity index (χ4n) is 3.14. The van der Waals surface area contributed by atoms with E-state index in [1.165, 1.54) is 11.3 Å². The monoisotopic (exact) mass is 401 g/mol. The largest absolute Gasteiger partial charge is 0.368 e. The van der Waals surface area contributed by atoms with Crippen LogP contribution < -0.4 is 4.90 Å². The fourth-order valence-corrected chi connectivity index (χ4v) is 3.41. The zero-order valence-electron chi connectivity index (χ0n) is 14.6. The summed E-state index contributed by atoms with van der Waals surface area (Å²) in [5, 5.41) is 0. The van der Waals surface area contributed by atoms with Crippen LogP contribution in [0.2, 0.25) is 0 Å². The lowest BCUT2D eigenvalue weighted by Crippen LogP contribution is -2.51. The molecule has 2 aromatic carbocycles. The Morgan fingerprint density at radius 2 is 1.64 bits per heavy atom. The molecule has 1 saturated heterocycles. The van der Waals surface area contributed by atoms with E-state index in [2.05, 4.69) is 62.1 Å². The zero-order valence-corrected chi connectivity index (χ0v) is 16.2. The highest BCUT2D eigenvalue weighted by atomic mass is 79.9. The number of hydrogen-bond acceptors (Lipinski definition) is 3. The molecule has 2 aromatic rings. The first-order valence-corrected chi connectivity index (χ1v) is 9.42. The summed E-state index contributed by atoms with van der Waals surface area (Å²) in [6.45, 7) is 4.61. The average Bonchev–Trinajstić information content (AvgIpc) is 2.64. The number of amides is 1. The molecule has 0 unspecified atom stereocenters. The molecule has 1 amide bonds. The first-order valence-electron chi connectivity index (χ1n) is 8.62. The molecule has 1 fully saturated rings. The molecular formula is C20H24BrN3O. The summed E-state index contributed by atoms with van der Waals surface area (Å²) in [7, 11) is 2.00. The van der Waals surface area contributed by atoms with Gasteiger partial charge in [0.1, 0.15) is 0 Å². The molecule has 25 heavy (non-hydrogen) atoms. The Bertz CT molecular complexity index is 682. The quantitative estimate of drug-likeness (QED) is 0.769. The van der Waals surface area contributed by atoms with E-state index in [1.807, 2.05) is 30.1 Å². The Morgan fingerprint density at radius 1 is 1.00 bits per heavy atom. The summed E-state index contributed by atoms with van der Waals surface area (Å²) in [5.41, 5.74) is 2.45. The molecule has 4 nitrogen and oxygen atoms in total. The number of nitrogens with zero attached hydrogens (tertiary/aromatic N) is 3.